The zero-order chi connectivity index (χ0) is 24.8. The Balaban J connectivity index is 0. The second-order valence-corrected chi connectivity index (χ2v) is 9.87. The van der Waals surface area contributed by atoms with E-state index in [4.69, 9.17) is 34.8 Å². The van der Waals surface area contributed by atoms with Gasteiger partial charge in [0.2, 0.25) is 0 Å². The summed E-state index contributed by atoms with van der Waals surface area (Å²) in [7, 11) is 0. The number of aryl methyl sites for hydroxylation is 1. The first kappa shape index (κ1) is 41.3. The number of nitrogens with one attached hydrogen (secondary N) is 1. The number of aromatic nitrogens is 2. The zero-order valence-electron chi connectivity index (χ0n) is 21.9. The molecule has 1 aromatic heterocycles. The van der Waals surface area contributed by atoms with E-state index in [2.05, 4.69) is 27.0 Å². The lowest BCUT2D eigenvalue weighted by Crippen LogP contribution is -2.47. The summed E-state index contributed by atoms with van der Waals surface area (Å²) in [6, 6.07) is 13.3. The number of amides is 1. The molecule has 0 spiro atoms. The molecule has 0 unspecified atom stereocenters. The molecule has 1 aliphatic heterocycles. The van der Waals surface area contributed by atoms with Gasteiger partial charge in [-0.15, -0.1) is 62.0 Å². The van der Waals surface area contributed by atoms with Crippen LogP contribution in [-0.2, 0) is 6.42 Å². The van der Waals surface area contributed by atoms with Crippen LogP contribution in [0.4, 0.5) is 5.69 Å². The van der Waals surface area contributed by atoms with Gasteiger partial charge in [0.15, 0.2) is 0 Å². The van der Waals surface area contributed by atoms with E-state index in [0.29, 0.717) is 27.3 Å². The third-order valence-electron chi connectivity index (χ3n) is 6.17. The van der Waals surface area contributed by atoms with Crippen molar-refractivity contribution in [2.75, 3.05) is 44.2 Å². The number of carbonyl (C=O) groups is 1. The molecule has 2 aromatic carbocycles. The Morgan fingerprint density at radius 1 is 0.925 bits per heavy atom. The van der Waals surface area contributed by atoms with Gasteiger partial charge in [-0.3, -0.25) is 9.69 Å². The average molecular weight is 717 g/mol. The summed E-state index contributed by atoms with van der Waals surface area (Å²) in [4.78, 5) is 22.0. The summed E-state index contributed by atoms with van der Waals surface area (Å²) in [6.45, 7) is 7.33. The number of rotatable bonds is 9. The van der Waals surface area contributed by atoms with E-state index in [1.54, 1.807) is 0 Å². The highest BCUT2D eigenvalue weighted by molar-refractivity contribution is 6.43. The van der Waals surface area contributed by atoms with Crippen molar-refractivity contribution in [1.82, 2.24) is 19.8 Å². The van der Waals surface area contributed by atoms with Crippen molar-refractivity contribution in [1.29, 1.82) is 0 Å². The predicted octanol–water partition coefficient (Wildman–Crippen LogP) is 7.84. The molecule has 1 saturated heterocycles. The summed E-state index contributed by atoms with van der Waals surface area (Å²) in [6.07, 6.45) is 4.43. The van der Waals surface area contributed by atoms with Crippen molar-refractivity contribution in [2.45, 2.75) is 26.2 Å². The van der Waals surface area contributed by atoms with Crippen LogP contribution in [0, 0.1) is 0 Å². The first-order valence-electron chi connectivity index (χ1n) is 12.0. The van der Waals surface area contributed by atoms with Gasteiger partial charge in [-0.2, -0.15) is 0 Å². The van der Waals surface area contributed by atoms with Gasteiger partial charge in [-0.1, -0.05) is 47.8 Å². The monoisotopic (exact) mass is 713 g/mol. The van der Waals surface area contributed by atoms with E-state index in [-0.39, 0.29) is 67.9 Å². The van der Waals surface area contributed by atoms with Crippen LogP contribution in [0.3, 0.4) is 0 Å². The van der Waals surface area contributed by atoms with Crippen molar-refractivity contribution >= 4 is 108 Å². The van der Waals surface area contributed by atoms with E-state index in [0.717, 1.165) is 69.2 Å². The highest BCUT2D eigenvalue weighted by Gasteiger charge is 2.20. The maximum absolute atomic E-state index is 12.8. The third kappa shape index (κ3) is 10.8. The summed E-state index contributed by atoms with van der Waals surface area (Å²) >= 11 is 18.6. The van der Waals surface area contributed by atoms with Crippen LogP contribution in [0.15, 0.2) is 48.7 Å². The molecule has 2 heterocycles. The number of anilines is 1. The van der Waals surface area contributed by atoms with Crippen LogP contribution in [0.25, 0.3) is 5.69 Å². The Labute approximate surface area is 282 Å². The molecule has 0 saturated carbocycles. The zero-order valence-corrected chi connectivity index (χ0v) is 28.2. The number of hydrogen-bond donors (Lipinski definition) is 1. The molecule has 0 atom stereocenters. The third-order valence-corrected chi connectivity index (χ3v) is 7.23. The van der Waals surface area contributed by atoms with Crippen LogP contribution < -0.4 is 10.2 Å². The number of nitrogens with zero attached hydrogens (tertiary/aromatic N) is 4. The number of benzene rings is 2. The lowest BCUT2D eigenvalue weighted by Gasteiger charge is -2.36. The summed E-state index contributed by atoms with van der Waals surface area (Å²) < 4.78 is 1.97. The van der Waals surface area contributed by atoms with Crippen LogP contribution in [0.5, 0.6) is 0 Å². The normalized spacial score (nSPS) is 12.6. The van der Waals surface area contributed by atoms with Crippen molar-refractivity contribution in [2.24, 2.45) is 0 Å². The molecular weight excluding hydrogens is 682 g/mol. The van der Waals surface area contributed by atoms with E-state index >= 15 is 0 Å². The lowest BCUT2D eigenvalue weighted by atomic mass is 10.2. The van der Waals surface area contributed by atoms with Gasteiger partial charge >= 0.3 is 0 Å². The maximum Gasteiger partial charge on any atom is 0.271 e. The molecule has 1 fully saturated rings. The molecule has 0 bridgehead atoms. The summed E-state index contributed by atoms with van der Waals surface area (Å²) in [5.74, 6) is 0.730. The molecule has 4 rings (SSSR count). The minimum Gasteiger partial charge on any atom is -0.368 e. The number of halogens is 8. The smallest absolute Gasteiger partial charge is 0.271 e. The minimum absolute atomic E-state index is 0. The largest absolute Gasteiger partial charge is 0.368 e. The lowest BCUT2D eigenvalue weighted by molar-refractivity contribution is 0.0946. The molecule has 14 heteroatoms. The molecule has 6 nitrogen and oxygen atoms in total. The average Bonchev–Trinajstić information content (AvgIpc) is 3.29. The SMILES string of the molecule is CCCc1nc(C(=O)NCCCN2CCN(c3cccc(Cl)c3Cl)CC2)cn1-c1ccc(Cl)cc1.Cl.Cl.Cl.Cl.Cl. The van der Waals surface area contributed by atoms with Gasteiger partial charge in [0.25, 0.3) is 5.91 Å². The van der Waals surface area contributed by atoms with Gasteiger partial charge in [0.1, 0.15) is 11.5 Å². The van der Waals surface area contributed by atoms with E-state index in [1.165, 1.54) is 0 Å². The fourth-order valence-corrected chi connectivity index (χ4v) is 4.84. The molecule has 1 aliphatic rings. The van der Waals surface area contributed by atoms with Crippen LogP contribution in [-0.4, -0.2) is 59.6 Å². The highest BCUT2D eigenvalue weighted by Crippen LogP contribution is 2.32. The van der Waals surface area contributed by atoms with Crippen LogP contribution in [0.2, 0.25) is 15.1 Å². The minimum atomic E-state index is -0.143. The van der Waals surface area contributed by atoms with Crippen molar-refractivity contribution in [3.05, 3.63) is 75.2 Å². The Morgan fingerprint density at radius 2 is 1.57 bits per heavy atom. The molecule has 1 N–H and O–H groups in total. The topological polar surface area (TPSA) is 53.4 Å². The Morgan fingerprint density at radius 3 is 2.20 bits per heavy atom. The molecule has 0 radical (unpaired) electrons. The molecular formula is C26H35Cl8N5O. The van der Waals surface area contributed by atoms with Crippen LogP contribution in [0.1, 0.15) is 36.1 Å². The fourth-order valence-electron chi connectivity index (χ4n) is 4.30. The Kier molecular flexibility index (Phi) is 20.8. The van der Waals surface area contributed by atoms with Crippen molar-refractivity contribution in [3.63, 3.8) is 0 Å². The van der Waals surface area contributed by atoms with Crippen molar-refractivity contribution in [3.8, 4) is 5.69 Å². The highest BCUT2D eigenvalue weighted by atomic mass is 35.5. The number of carbonyl (C=O) groups excluding carboxylic acids is 1. The maximum atomic E-state index is 12.8. The van der Waals surface area contributed by atoms with E-state index in [1.807, 2.05) is 53.2 Å². The van der Waals surface area contributed by atoms with Gasteiger partial charge in [0, 0.05) is 56.1 Å². The molecule has 3 aromatic rings. The molecule has 1 amide bonds. The second kappa shape index (κ2) is 20.2. The first-order chi connectivity index (χ1) is 17.0. The molecule has 40 heavy (non-hydrogen) atoms. The van der Waals surface area contributed by atoms with E-state index < -0.39 is 0 Å². The number of imidazole rings is 1. The van der Waals surface area contributed by atoms with Gasteiger partial charge in [-0.05, 0) is 55.8 Å². The summed E-state index contributed by atoms with van der Waals surface area (Å²) in [5, 5.41) is 4.91. The quantitative estimate of drug-likeness (QED) is 0.230. The number of hydrogen-bond acceptors (Lipinski definition) is 4. The van der Waals surface area contributed by atoms with E-state index in [9.17, 15) is 4.79 Å². The predicted molar refractivity (Wildman–Crippen MR) is 181 cm³/mol. The molecule has 0 aliphatic carbocycles. The summed E-state index contributed by atoms with van der Waals surface area (Å²) in [5.41, 5.74) is 2.38. The second-order valence-electron chi connectivity index (χ2n) is 8.65. The van der Waals surface area contributed by atoms with Crippen LogP contribution >= 0.6 is 96.8 Å². The fraction of sp³-hybridized carbons (Fsp3) is 0.385. The number of piperazine rings is 1. The first-order valence-corrected chi connectivity index (χ1v) is 13.1. The van der Waals surface area contributed by atoms with Gasteiger partial charge in [-0.25, -0.2) is 4.98 Å². The standard InChI is InChI=1S/C26H30Cl3N5O.5ClH/c1-2-5-24-31-22(18-34(24)20-10-8-19(27)9-11-20)26(35)30-12-4-13-32-14-16-33(17-15-32)23-7-3-6-21(28)25(23)29;;;;;/h3,6-11,18H,2,4-5,12-17H2,1H3,(H,30,35);5*1H. The van der Waals surface area contributed by atoms with Crippen molar-refractivity contribution < 1.29 is 4.79 Å². The Hall–Kier alpha value is -0.800. The van der Waals surface area contributed by atoms with Gasteiger partial charge in [0.05, 0.1) is 15.7 Å². The van der Waals surface area contributed by atoms with Gasteiger partial charge < -0.3 is 14.8 Å². The Bertz CT molecular complexity index is 1150. The molecule has 226 valence electrons.